The van der Waals surface area contributed by atoms with Crippen molar-refractivity contribution in [3.63, 3.8) is 0 Å². The van der Waals surface area contributed by atoms with Gasteiger partial charge >= 0.3 is 5.97 Å². The molecule has 0 amide bonds. The van der Waals surface area contributed by atoms with E-state index in [1.54, 1.807) is 13.0 Å². The van der Waals surface area contributed by atoms with Crippen LogP contribution < -0.4 is 11.5 Å². The topological polar surface area (TPSA) is 91.2 Å². The van der Waals surface area contributed by atoms with Crippen molar-refractivity contribution in [2.75, 3.05) is 12.8 Å². The minimum atomic E-state index is -0.445. The van der Waals surface area contributed by atoms with Crippen LogP contribution in [0.1, 0.15) is 28.9 Å². The molecule has 4 N–H and O–H groups in total. The first-order valence-corrected chi connectivity index (χ1v) is 4.15. The molecule has 0 saturated heterocycles. The summed E-state index contributed by atoms with van der Waals surface area (Å²) in [5, 5.41) is 0. The van der Waals surface area contributed by atoms with E-state index in [2.05, 4.69) is 9.72 Å². The van der Waals surface area contributed by atoms with Crippen LogP contribution in [-0.2, 0) is 4.74 Å². The van der Waals surface area contributed by atoms with Gasteiger partial charge in [0.1, 0.15) is 5.82 Å². The summed E-state index contributed by atoms with van der Waals surface area (Å²) < 4.78 is 4.55. The van der Waals surface area contributed by atoms with Gasteiger partial charge in [0.2, 0.25) is 0 Å². The number of aromatic nitrogens is 1. The van der Waals surface area contributed by atoms with Crippen molar-refractivity contribution in [2.45, 2.75) is 13.0 Å². The SMILES string of the molecule is COC(=O)c1cnc(N)c([C@H](C)N)c1. The Labute approximate surface area is 82.1 Å². The van der Waals surface area contributed by atoms with Crippen molar-refractivity contribution in [3.8, 4) is 0 Å². The highest BCUT2D eigenvalue weighted by Crippen LogP contribution is 2.17. The van der Waals surface area contributed by atoms with E-state index in [-0.39, 0.29) is 6.04 Å². The molecule has 0 spiro atoms. The van der Waals surface area contributed by atoms with E-state index in [1.807, 2.05) is 0 Å². The maximum absolute atomic E-state index is 11.2. The lowest BCUT2D eigenvalue weighted by Gasteiger charge is -2.09. The molecule has 0 aliphatic rings. The maximum atomic E-state index is 11.2. The average Bonchev–Trinajstić information content (AvgIpc) is 2.17. The first-order valence-electron chi connectivity index (χ1n) is 4.15. The number of nitrogens with two attached hydrogens (primary N) is 2. The monoisotopic (exact) mass is 195 g/mol. The second kappa shape index (κ2) is 4.06. The Hall–Kier alpha value is -1.62. The summed E-state index contributed by atoms with van der Waals surface area (Å²) in [5.74, 6) is -0.105. The summed E-state index contributed by atoms with van der Waals surface area (Å²) >= 11 is 0. The number of esters is 1. The fraction of sp³-hybridized carbons (Fsp3) is 0.333. The van der Waals surface area contributed by atoms with Gasteiger partial charge in [0.05, 0.1) is 12.7 Å². The molecule has 0 bridgehead atoms. The largest absolute Gasteiger partial charge is 0.465 e. The van der Waals surface area contributed by atoms with Crippen LogP contribution in [-0.4, -0.2) is 18.1 Å². The number of nitrogens with zero attached hydrogens (tertiary/aromatic N) is 1. The molecule has 1 aromatic heterocycles. The standard InChI is InChI=1S/C9H13N3O2/c1-5(10)7-3-6(9(13)14-2)4-12-8(7)11/h3-5H,10H2,1-2H3,(H2,11,12)/t5-/m0/s1. The number of anilines is 1. The molecule has 5 nitrogen and oxygen atoms in total. The van der Waals surface area contributed by atoms with Gasteiger partial charge in [-0.15, -0.1) is 0 Å². The van der Waals surface area contributed by atoms with Crippen LogP contribution in [0.25, 0.3) is 0 Å². The lowest BCUT2D eigenvalue weighted by atomic mass is 10.1. The Kier molecular flexibility index (Phi) is 3.03. The van der Waals surface area contributed by atoms with Gasteiger partial charge in [-0.3, -0.25) is 0 Å². The minimum Gasteiger partial charge on any atom is -0.465 e. The van der Waals surface area contributed by atoms with Gasteiger partial charge in [0.25, 0.3) is 0 Å². The van der Waals surface area contributed by atoms with E-state index >= 15 is 0 Å². The Balaban J connectivity index is 3.13. The van der Waals surface area contributed by atoms with Gasteiger partial charge < -0.3 is 16.2 Å². The Bertz CT molecular complexity index is 350. The zero-order valence-electron chi connectivity index (χ0n) is 8.15. The van der Waals surface area contributed by atoms with Gasteiger partial charge in [-0.05, 0) is 13.0 Å². The highest BCUT2D eigenvalue weighted by molar-refractivity contribution is 5.89. The lowest BCUT2D eigenvalue weighted by Crippen LogP contribution is -2.12. The third-order valence-corrected chi connectivity index (χ3v) is 1.86. The first kappa shape index (κ1) is 10.5. The fourth-order valence-electron chi connectivity index (χ4n) is 1.09. The molecule has 0 radical (unpaired) electrons. The molecule has 0 aliphatic heterocycles. The highest BCUT2D eigenvalue weighted by Gasteiger charge is 2.11. The third-order valence-electron chi connectivity index (χ3n) is 1.86. The van der Waals surface area contributed by atoms with Crippen molar-refractivity contribution < 1.29 is 9.53 Å². The Morgan fingerprint density at radius 3 is 2.79 bits per heavy atom. The predicted octanol–water partition coefficient (Wildman–Crippen LogP) is 0.470. The maximum Gasteiger partial charge on any atom is 0.339 e. The molecule has 5 heteroatoms. The summed E-state index contributed by atoms with van der Waals surface area (Å²) in [6, 6.07) is 1.34. The molecule has 0 aliphatic carbocycles. The van der Waals surface area contributed by atoms with Crippen molar-refractivity contribution in [3.05, 3.63) is 23.4 Å². The van der Waals surface area contributed by atoms with Crippen LogP contribution in [0.2, 0.25) is 0 Å². The van der Waals surface area contributed by atoms with E-state index in [0.29, 0.717) is 16.9 Å². The minimum absolute atomic E-state index is 0.257. The predicted molar refractivity (Wildman–Crippen MR) is 52.6 cm³/mol. The van der Waals surface area contributed by atoms with Crippen LogP contribution in [0.15, 0.2) is 12.3 Å². The molecule has 0 unspecified atom stereocenters. The van der Waals surface area contributed by atoms with E-state index in [0.717, 1.165) is 0 Å². The number of ether oxygens (including phenoxy) is 1. The van der Waals surface area contributed by atoms with Crippen LogP contribution in [0.4, 0.5) is 5.82 Å². The van der Waals surface area contributed by atoms with E-state index in [4.69, 9.17) is 11.5 Å². The number of methoxy groups -OCH3 is 1. The van der Waals surface area contributed by atoms with Gasteiger partial charge in [-0.2, -0.15) is 0 Å². The van der Waals surface area contributed by atoms with Crippen LogP contribution in [0.3, 0.4) is 0 Å². The molecule has 14 heavy (non-hydrogen) atoms. The normalized spacial score (nSPS) is 12.2. The highest BCUT2D eigenvalue weighted by atomic mass is 16.5. The van der Waals surface area contributed by atoms with Gasteiger partial charge in [-0.25, -0.2) is 9.78 Å². The molecule has 1 rings (SSSR count). The lowest BCUT2D eigenvalue weighted by molar-refractivity contribution is 0.0600. The third kappa shape index (κ3) is 2.00. The number of carbonyl (C=O) groups is 1. The van der Waals surface area contributed by atoms with Gasteiger partial charge in [0, 0.05) is 17.8 Å². The average molecular weight is 195 g/mol. The summed E-state index contributed by atoms with van der Waals surface area (Å²) in [6.07, 6.45) is 1.37. The number of pyridine rings is 1. The van der Waals surface area contributed by atoms with Crippen molar-refractivity contribution in [1.82, 2.24) is 4.98 Å². The van der Waals surface area contributed by atoms with Crippen molar-refractivity contribution in [2.24, 2.45) is 5.73 Å². The van der Waals surface area contributed by atoms with Crippen molar-refractivity contribution in [1.29, 1.82) is 0 Å². The van der Waals surface area contributed by atoms with E-state index in [1.165, 1.54) is 13.3 Å². The van der Waals surface area contributed by atoms with Crippen LogP contribution in [0, 0.1) is 0 Å². The Morgan fingerprint density at radius 2 is 2.29 bits per heavy atom. The smallest absolute Gasteiger partial charge is 0.339 e. The fourth-order valence-corrected chi connectivity index (χ4v) is 1.09. The number of rotatable bonds is 2. The molecule has 1 atom stereocenters. The quantitative estimate of drug-likeness (QED) is 0.669. The van der Waals surface area contributed by atoms with Crippen LogP contribution in [0.5, 0.6) is 0 Å². The van der Waals surface area contributed by atoms with Crippen LogP contribution >= 0.6 is 0 Å². The molecule has 1 heterocycles. The first-order chi connectivity index (χ1) is 6.56. The summed E-state index contributed by atoms with van der Waals surface area (Å²) in [7, 11) is 1.31. The number of hydrogen-bond donors (Lipinski definition) is 2. The zero-order chi connectivity index (χ0) is 10.7. The Morgan fingerprint density at radius 1 is 1.64 bits per heavy atom. The molecule has 1 aromatic rings. The molecular weight excluding hydrogens is 182 g/mol. The molecular formula is C9H13N3O2. The van der Waals surface area contributed by atoms with Gasteiger partial charge in [0.15, 0.2) is 0 Å². The molecule has 0 fully saturated rings. The van der Waals surface area contributed by atoms with Gasteiger partial charge in [-0.1, -0.05) is 0 Å². The second-order valence-electron chi connectivity index (χ2n) is 2.98. The number of nitrogen functional groups attached to an aromatic ring is 1. The second-order valence-corrected chi connectivity index (χ2v) is 2.98. The number of hydrogen-bond acceptors (Lipinski definition) is 5. The van der Waals surface area contributed by atoms with E-state index < -0.39 is 5.97 Å². The number of carbonyl (C=O) groups excluding carboxylic acids is 1. The molecule has 0 saturated carbocycles. The summed E-state index contributed by atoms with van der Waals surface area (Å²) in [4.78, 5) is 15.0. The van der Waals surface area contributed by atoms with E-state index in [9.17, 15) is 4.79 Å². The zero-order valence-corrected chi connectivity index (χ0v) is 8.15. The molecule has 0 aromatic carbocycles. The summed E-state index contributed by atoms with van der Waals surface area (Å²) in [6.45, 7) is 1.77. The summed E-state index contributed by atoms with van der Waals surface area (Å²) in [5.41, 5.74) is 12.2. The van der Waals surface area contributed by atoms with Crippen molar-refractivity contribution >= 4 is 11.8 Å². The molecule has 76 valence electrons.